The predicted molar refractivity (Wildman–Crippen MR) is 61.4 cm³/mol. The van der Waals surface area contributed by atoms with Crippen LogP contribution in [0.1, 0.15) is 31.2 Å². The fraction of sp³-hybridized carbons (Fsp3) is 0.500. The number of halogens is 1. The lowest BCUT2D eigenvalue weighted by molar-refractivity contribution is 0.243. The van der Waals surface area contributed by atoms with E-state index in [2.05, 4.69) is 4.98 Å². The van der Waals surface area contributed by atoms with Gasteiger partial charge in [0.1, 0.15) is 11.1 Å². The predicted octanol–water partition coefficient (Wildman–Crippen LogP) is 3.18. The highest BCUT2D eigenvalue weighted by Gasteiger charge is 2.17. The third kappa shape index (κ3) is 2.45. The zero-order valence-corrected chi connectivity index (χ0v) is 9.70. The maximum Gasteiger partial charge on any atom is 0.233 e. The minimum atomic E-state index is 0.322. The summed E-state index contributed by atoms with van der Waals surface area (Å²) >= 11 is 5.98. The van der Waals surface area contributed by atoms with Crippen molar-refractivity contribution in [2.24, 2.45) is 5.92 Å². The minimum absolute atomic E-state index is 0.322. The van der Waals surface area contributed by atoms with Gasteiger partial charge in [0.15, 0.2) is 0 Å². The number of aromatic nitrogens is 1. The number of hydrogen-bond acceptors (Lipinski definition) is 3. The largest absolute Gasteiger partial charge is 0.476 e. The lowest BCUT2D eigenvalue weighted by atomic mass is 10.1. The molecule has 0 aromatic carbocycles. The fourth-order valence-corrected chi connectivity index (χ4v) is 2.19. The number of pyridine rings is 1. The van der Waals surface area contributed by atoms with E-state index in [1.54, 1.807) is 12.3 Å². The van der Waals surface area contributed by atoms with Crippen LogP contribution in [-0.4, -0.2) is 11.6 Å². The lowest BCUT2D eigenvalue weighted by Gasteiger charge is -2.11. The van der Waals surface area contributed by atoms with Crippen LogP contribution in [0.2, 0.25) is 5.02 Å². The highest BCUT2D eigenvalue weighted by Crippen LogP contribution is 2.28. The molecule has 4 heteroatoms. The normalized spacial score (nSPS) is 16.0. The summed E-state index contributed by atoms with van der Waals surface area (Å²) in [6.07, 6.45) is 6.56. The van der Waals surface area contributed by atoms with Gasteiger partial charge >= 0.3 is 0 Å². The molecule has 1 aliphatic carbocycles. The molecule has 84 valence electrons. The summed E-state index contributed by atoms with van der Waals surface area (Å²) in [6, 6.07) is 3.60. The Morgan fingerprint density at radius 1 is 1.50 bits per heavy atom. The number of hydrogen-bond donors (Lipinski definition) is 0. The van der Waals surface area contributed by atoms with Gasteiger partial charge in [-0.15, -0.1) is 0 Å². The SMILES string of the molecule is N#Cc1ccnc(OCC2CCCC2)c1Cl. The van der Waals surface area contributed by atoms with Crippen LogP contribution >= 0.6 is 11.6 Å². The summed E-state index contributed by atoms with van der Waals surface area (Å²) in [5.41, 5.74) is 0.415. The molecule has 0 spiro atoms. The van der Waals surface area contributed by atoms with Crippen LogP contribution in [0.15, 0.2) is 12.3 Å². The zero-order valence-electron chi connectivity index (χ0n) is 8.95. The van der Waals surface area contributed by atoms with E-state index >= 15 is 0 Å². The van der Waals surface area contributed by atoms with Crippen molar-refractivity contribution in [3.63, 3.8) is 0 Å². The maximum atomic E-state index is 8.80. The van der Waals surface area contributed by atoms with Crippen molar-refractivity contribution in [3.8, 4) is 11.9 Å². The van der Waals surface area contributed by atoms with Crippen molar-refractivity contribution in [1.82, 2.24) is 4.98 Å². The number of rotatable bonds is 3. The first-order valence-electron chi connectivity index (χ1n) is 5.48. The molecule has 16 heavy (non-hydrogen) atoms. The van der Waals surface area contributed by atoms with Crippen molar-refractivity contribution in [3.05, 3.63) is 22.8 Å². The van der Waals surface area contributed by atoms with Crippen LogP contribution in [-0.2, 0) is 0 Å². The third-order valence-electron chi connectivity index (χ3n) is 2.91. The second kappa shape index (κ2) is 5.18. The van der Waals surface area contributed by atoms with Gasteiger partial charge in [-0.1, -0.05) is 24.4 Å². The second-order valence-electron chi connectivity index (χ2n) is 4.05. The quantitative estimate of drug-likeness (QED) is 0.810. The van der Waals surface area contributed by atoms with Crippen LogP contribution in [0.4, 0.5) is 0 Å². The summed E-state index contributed by atoms with van der Waals surface area (Å²) in [5.74, 6) is 0.997. The number of nitrogens with zero attached hydrogens (tertiary/aromatic N) is 2. The molecule has 1 heterocycles. The van der Waals surface area contributed by atoms with E-state index in [-0.39, 0.29) is 0 Å². The molecule has 0 bridgehead atoms. The van der Waals surface area contributed by atoms with E-state index < -0.39 is 0 Å². The molecular weight excluding hydrogens is 224 g/mol. The molecule has 1 aromatic heterocycles. The van der Waals surface area contributed by atoms with Crippen LogP contribution in [0, 0.1) is 17.2 Å². The van der Waals surface area contributed by atoms with Gasteiger partial charge in [0.05, 0.1) is 12.2 Å². The fourth-order valence-electron chi connectivity index (χ4n) is 1.99. The van der Waals surface area contributed by atoms with Gasteiger partial charge in [0.2, 0.25) is 5.88 Å². The van der Waals surface area contributed by atoms with Crippen LogP contribution in [0.25, 0.3) is 0 Å². The van der Waals surface area contributed by atoms with Gasteiger partial charge in [0, 0.05) is 6.20 Å². The van der Waals surface area contributed by atoms with Crippen LogP contribution in [0.3, 0.4) is 0 Å². The molecule has 0 radical (unpaired) electrons. The Kier molecular flexibility index (Phi) is 3.63. The van der Waals surface area contributed by atoms with Crippen molar-refractivity contribution in [2.45, 2.75) is 25.7 Å². The van der Waals surface area contributed by atoms with E-state index in [4.69, 9.17) is 21.6 Å². The van der Waals surface area contributed by atoms with Gasteiger partial charge < -0.3 is 4.74 Å². The van der Waals surface area contributed by atoms with Gasteiger partial charge in [-0.2, -0.15) is 5.26 Å². The highest BCUT2D eigenvalue weighted by molar-refractivity contribution is 6.32. The smallest absolute Gasteiger partial charge is 0.233 e. The Balaban J connectivity index is 2.01. The average molecular weight is 237 g/mol. The summed E-state index contributed by atoms with van der Waals surface area (Å²) in [4.78, 5) is 4.04. The van der Waals surface area contributed by atoms with Gasteiger partial charge in [-0.25, -0.2) is 4.98 Å². The monoisotopic (exact) mass is 236 g/mol. The Morgan fingerprint density at radius 3 is 2.94 bits per heavy atom. The first-order valence-corrected chi connectivity index (χ1v) is 5.86. The molecule has 0 aliphatic heterocycles. The van der Waals surface area contributed by atoms with Crippen LogP contribution in [0.5, 0.6) is 5.88 Å². The Labute approximate surface area is 100 Å². The van der Waals surface area contributed by atoms with Crippen molar-refractivity contribution in [2.75, 3.05) is 6.61 Å². The van der Waals surface area contributed by atoms with E-state index in [1.807, 2.05) is 6.07 Å². The average Bonchev–Trinajstić information content (AvgIpc) is 2.81. The molecular formula is C12H13ClN2O. The Morgan fingerprint density at radius 2 is 2.25 bits per heavy atom. The molecule has 1 aromatic rings. The molecule has 1 fully saturated rings. The van der Waals surface area contributed by atoms with Gasteiger partial charge in [0.25, 0.3) is 0 Å². The number of nitriles is 1. The first kappa shape index (κ1) is 11.2. The molecule has 0 atom stereocenters. The van der Waals surface area contributed by atoms with E-state index in [0.717, 1.165) is 0 Å². The van der Waals surface area contributed by atoms with Gasteiger partial charge in [-0.3, -0.25) is 0 Å². The first-order chi connectivity index (χ1) is 7.81. The molecule has 0 unspecified atom stereocenters. The standard InChI is InChI=1S/C12H13ClN2O/c13-11-10(7-14)5-6-15-12(11)16-8-9-3-1-2-4-9/h5-6,9H,1-4,8H2. The second-order valence-corrected chi connectivity index (χ2v) is 4.43. The molecule has 2 rings (SSSR count). The third-order valence-corrected chi connectivity index (χ3v) is 3.27. The zero-order chi connectivity index (χ0) is 11.4. The molecule has 1 saturated carbocycles. The van der Waals surface area contributed by atoms with E-state index in [1.165, 1.54) is 25.7 Å². The summed E-state index contributed by atoms with van der Waals surface area (Å²) in [5, 5.41) is 9.13. The van der Waals surface area contributed by atoms with Crippen molar-refractivity contribution in [1.29, 1.82) is 5.26 Å². The summed E-state index contributed by atoms with van der Waals surface area (Å²) < 4.78 is 5.57. The Bertz CT molecular complexity index is 408. The molecule has 0 amide bonds. The van der Waals surface area contributed by atoms with E-state index in [0.29, 0.717) is 29.0 Å². The number of ether oxygens (including phenoxy) is 1. The van der Waals surface area contributed by atoms with E-state index in [9.17, 15) is 0 Å². The van der Waals surface area contributed by atoms with Crippen molar-refractivity contribution < 1.29 is 4.74 Å². The van der Waals surface area contributed by atoms with Crippen molar-refractivity contribution >= 4 is 11.6 Å². The summed E-state index contributed by atoms with van der Waals surface area (Å²) in [6.45, 7) is 0.654. The van der Waals surface area contributed by atoms with Crippen LogP contribution < -0.4 is 4.74 Å². The topological polar surface area (TPSA) is 45.9 Å². The molecule has 1 aliphatic rings. The molecule has 0 N–H and O–H groups in total. The highest BCUT2D eigenvalue weighted by atomic mass is 35.5. The minimum Gasteiger partial charge on any atom is -0.476 e. The molecule has 3 nitrogen and oxygen atoms in total. The maximum absolute atomic E-state index is 8.80. The Hall–Kier alpha value is -1.27. The van der Waals surface area contributed by atoms with Gasteiger partial charge in [-0.05, 0) is 24.8 Å². The molecule has 0 saturated heterocycles. The lowest BCUT2D eigenvalue weighted by Crippen LogP contribution is -2.09. The summed E-state index contributed by atoms with van der Waals surface area (Å²) in [7, 11) is 0.